The average molecular weight is 296 g/mol. The fraction of sp³-hybridized carbons (Fsp3) is 0.571. The summed E-state index contributed by atoms with van der Waals surface area (Å²) in [6.07, 6.45) is 4.91. The molecule has 1 saturated carbocycles. The molecule has 20 heavy (non-hydrogen) atoms. The number of nitro groups is 1. The van der Waals surface area contributed by atoms with Gasteiger partial charge >= 0.3 is 0 Å². The Bertz CT molecular complexity index is 484. The maximum Gasteiger partial charge on any atom is 0.269 e. The smallest absolute Gasteiger partial charge is 0.269 e. The first-order valence-corrected chi connectivity index (χ1v) is 8.24. The molecule has 0 bridgehead atoms. The van der Waals surface area contributed by atoms with E-state index >= 15 is 0 Å². The Morgan fingerprint density at radius 3 is 2.45 bits per heavy atom. The molecule has 1 aromatic rings. The highest BCUT2D eigenvalue weighted by Gasteiger charge is 2.25. The Balaban J connectivity index is 2.00. The number of hydrogen-bond acceptors (Lipinski definition) is 4. The molecule has 1 aliphatic carbocycles. The number of rotatable bonds is 6. The zero-order valence-corrected chi connectivity index (χ0v) is 12.4. The Kier molecular flexibility index (Phi) is 5.25. The summed E-state index contributed by atoms with van der Waals surface area (Å²) in [5.41, 5.74) is 0.0340. The van der Waals surface area contributed by atoms with Gasteiger partial charge in [0.1, 0.15) is 0 Å². The van der Waals surface area contributed by atoms with Crippen LogP contribution >= 0.6 is 0 Å². The summed E-state index contributed by atoms with van der Waals surface area (Å²) in [4.78, 5) is 10.8. The van der Waals surface area contributed by atoms with Crippen molar-refractivity contribution in [2.24, 2.45) is 5.92 Å². The molecule has 6 heteroatoms. The number of non-ortho nitro benzene ring substituents is 1. The molecule has 5 nitrogen and oxygen atoms in total. The number of nitrogens with zero attached hydrogens (tertiary/aromatic N) is 1. The summed E-state index contributed by atoms with van der Waals surface area (Å²) in [6, 6.07) is 6.27. The van der Waals surface area contributed by atoms with Crippen LogP contribution in [0.15, 0.2) is 29.2 Å². The predicted octanol–water partition coefficient (Wildman–Crippen LogP) is 2.48. The first-order valence-electron chi connectivity index (χ1n) is 6.92. The van der Waals surface area contributed by atoms with Crippen LogP contribution in [0.25, 0.3) is 0 Å². The summed E-state index contributed by atoms with van der Waals surface area (Å²) in [5.74, 6) is 1.17. The van der Waals surface area contributed by atoms with Gasteiger partial charge in [0.05, 0.1) is 15.7 Å². The third-order valence-electron chi connectivity index (χ3n) is 3.98. The van der Waals surface area contributed by atoms with Crippen molar-refractivity contribution < 1.29 is 9.13 Å². The standard InChI is InChI=1S/C14H20N2O3S/c1-15-14(11-4-2-3-5-11)10-20(19)13-8-6-12(7-9-13)16(17)18/h6-9,11,14-15H,2-5,10H2,1H3. The average Bonchev–Trinajstić information content (AvgIpc) is 2.98. The molecule has 2 unspecified atom stereocenters. The number of nitrogens with one attached hydrogen (secondary N) is 1. The van der Waals surface area contributed by atoms with Gasteiger partial charge in [0.25, 0.3) is 5.69 Å². The summed E-state index contributed by atoms with van der Waals surface area (Å²) < 4.78 is 12.4. The lowest BCUT2D eigenvalue weighted by molar-refractivity contribution is -0.384. The molecule has 2 rings (SSSR count). The van der Waals surface area contributed by atoms with E-state index < -0.39 is 15.7 Å². The number of hydrogen-bond donors (Lipinski definition) is 1. The van der Waals surface area contributed by atoms with Crippen LogP contribution in [0.3, 0.4) is 0 Å². The third-order valence-corrected chi connectivity index (χ3v) is 5.44. The quantitative estimate of drug-likeness (QED) is 0.646. The first-order chi connectivity index (χ1) is 9.61. The lowest BCUT2D eigenvalue weighted by atomic mass is 10.0. The highest BCUT2D eigenvalue weighted by Crippen LogP contribution is 2.28. The van der Waals surface area contributed by atoms with Gasteiger partial charge in [-0.2, -0.15) is 0 Å². The van der Waals surface area contributed by atoms with Crippen LogP contribution in [0, 0.1) is 16.0 Å². The molecule has 0 amide bonds. The van der Waals surface area contributed by atoms with Gasteiger partial charge in [0.2, 0.25) is 0 Å². The third kappa shape index (κ3) is 3.64. The van der Waals surface area contributed by atoms with Crippen LogP contribution in [0.2, 0.25) is 0 Å². The first kappa shape index (κ1) is 15.1. The van der Waals surface area contributed by atoms with E-state index in [9.17, 15) is 14.3 Å². The second-order valence-corrected chi connectivity index (χ2v) is 6.70. The lowest BCUT2D eigenvalue weighted by Gasteiger charge is -2.22. The van der Waals surface area contributed by atoms with Gasteiger partial charge in [-0.3, -0.25) is 14.3 Å². The molecule has 2 atom stereocenters. The minimum absolute atomic E-state index is 0.0340. The topological polar surface area (TPSA) is 72.2 Å². The molecular weight excluding hydrogens is 276 g/mol. The van der Waals surface area contributed by atoms with Crippen molar-refractivity contribution in [1.29, 1.82) is 0 Å². The Labute approximate surface area is 121 Å². The van der Waals surface area contributed by atoms with Crippen molar-refractivity contribution in [2.45, 2.75) is 36.6 Å². The van der Waals surface area contributed by atoms with Crippen molar-refractivity contribution >= 4 is 16.5 Å². The largest absolute Gasteiger partial charge is 0.316 e. The minimum atomic E-state index is -1.12. The molecule has 0 spiro atoms. The van der Waals surface area contributed by atoms with Gasteiger partial charge in [-0.25, -0.2) is 0 Å². The minimum Gasteiger partial charge on any atom is -0.316 e. The van der Waals surface area contributed by atoms with E-state index in [1.54, 1.807) is 12.1 Å². The monoisotopic (exact) mass is 296 g/mol. The second kappa shape index (κ2) is 6.95. The van der Waals surface area contributed by atoms with Gasteiger partial charge in [0.15, 0.2) is 0 Å². The van der Waals surface area contributed by atoms with Crippen LogP contribution in [0.5, 0.6) is 0 Å². The maximum atomic E-state index is 12.4. The fourth-order valence-electron chi connectivity index (χ4n) is 2.79. The van der Waals surface area contributed by atoms with Gasteiger partial charge in [-0.15, -0.1) is 0 Å². The Morgan fingerprint density at radius 1 is 1.35 bits per heavy atom. The molecule has 1 aliphatic rings. The van der Waals surface area contributed by atoms with Crippen molar-refractivity contribution in [3.8, 4) is 0 Å². The highest BCUT2D eigenvalue weighted by atomic mass is 32.2. The molecule has 0 saturated heterocycles. The molecule has 1 fully saturated rings. The van der Waals surface area contributed by atoms with Gasteiger partial charge in [0, 0.05) is 28.8 Å². The fourth-order valence-corrected chi connectivity index (χ4v) is 4.19. The van der Waals surface area contributed by atoms with Gasteiger partial charge in [-0.1, -0.05) is 12.8 Å². The van der Waals surface area contributed by atoms with Crippen LogP contribution in [0.4, 0.5) is 5.69 Å². The maximum absolute atomic E-state index is 12.4. The molecule has 1 N–H and O–H groups in total. The Morgan fingerprint density at radius 2 is 1.95 bits per heavy atom. The molecule has 1 aromatic carbocycles. The number of benzene rings is 1. The molecule has 110 valence electrons. The molecular formula is C14H20N2O3S. The molecule has 0 aromatic heterocycles. The van der Waals surface area contributed by atoms with E-state index in [1.807, 2.05) is 7.05 Å². The zero-order chi connectivity index (χ0) is 14.5. The van der Waals surface area contributed by atoms with Crippen molar-refractivity contribution in [1.82, 2.24) is 5.32 Å². The normalized spacial score (nSPS) is 18.9. The van der Waals surface area contributed by atoms with E-state index in [4.69, 9.17) is 0 Å². The van der Waals surface area contributed by atoms with Crippen molar-refractivity contribution in [3.05, 3.63) is 34.4 Å². The Hall–Kier alpha value is -1.27. The van der Waals surface area contributed by atoms with E-state index in [0.717, 1.165) is 0 Å². The van der Waals surface area contributed by atoms with Crippen LogP contribution in [0.1, 0.15) is 25.7 Å². The summed E-state index contributed by atoms with van der Waals surface area (Å²) in [5, 5.41) is 13.9. The van der Waals surface area contributed by atoms with Crippen LogP contribution in [-0.4, -0.2) is 28.0 Å². The van der Waals surface area contributed by atoms with Crippen LogP contribution < -0.4 is 5.32 Å². The molecule has 0 heterocycles. The highest BCUT2D eigenvalue weighted by molar-refractivity contribution is 7.85. The summed E-state index contributed by atoms with van der Waals surface area (Å²) in [7, 11) is 0.797. The van der Waals surface area contributed by atoms with Crippen molar-refractivity contribution in [3.63, 3.8) is 0 Å². The van der Waals surface area contributed by atoms with Crippen LogP contribution in [-0.2, 0) is 10.8 Å². The second-order valence-electron chi connectivity index (χ2n) is 5.20. The van der Waals surface area contributed by atoms with Gasteiger partial charge in [-0.05, 0) is 37.9 Å². The van der Waals surface area contributed by atoms with E-state index in [0.29, 0.717) is 16.6 Å². The molecule has 0 aliphatic heterocycles. The SMILES string of the molecule is CNC(CS(=O)c1ccc([N+](=O)[O-])cc1)C1CCCC1. The predicted molar refractivity (Wildman–Crippen MR) is 79.2 cm³/mol. The number of nitro benzene ring substituents is 1. The molecule has 0 radical (unpaired) electrons. The van der Waals surface area contributed by atoms with E-state index in [1.165, 1.54) is 37.8 Å². The summed E-state index contributed by atoms with van der Waals surface area (Å²) in [6.45, 7) is 0. The van der Waals surface area contributed by atoms with E-state index in [2.05, 4.69) is 5.32 Å². The van der Waals surface area contributed by atoms with E-state index in [-0.39, 0.29) is 11.7 Å². The zero-order valence-electron chi connectivity index (χ0n) is 11.6. The lowest BCUT2D eigenvalue weighted by Crippen LogP contribution is -2.37. The van der Waals surface area contributed by atoms with Gasteiger partial charge < -0.3 is 5.32 Å². The summed E-state index contributed by atoms with van der Waals surface area (Å²) >= 11 is 0. The van der Waals surface area contributed by atoms with Crippen molar-refractivity contribution in [2.75, 3.05) is 12.8 Å².